The van der Waals surface area contributed by atoms with Crippen LogP contribution in [0.15, 0.2) is 48.5 Å². The Hall–Kier alpha value is -3.35. The Morgan fingerprint density at radius 1 is 0.900 bits per heavy atom. The molecular weight excluding hydrogens is 384 g/mol. The molecule has 2 aromatic rings. The third-order valence-corrected chi connectivity index (χ3v) is 4.23. The molecule has 0 spiro atoms. The normalized spacial score (nSPS) is 11.9. The first-order valence-electron chi connectivity index (χ1n) is 9.66. The van der Waals surface area contributed by atoms with E-state index in [-0.39, 0.29) is 17.9 Å². The van der Waals surface area contributed by atoms with Crippen LogP contribution in [0.2, 0.25) is 0 Å². The summed E-state index contributed by atoms with van der Waals surface area (Å²) in [5.41, 5.74) is 2.33. The number of rotatable bonds is 7. The van der Waals surface area contributed by atoms with Gasteiger partial charge in [0.25, 0.3) is 5.91 Å². The van der Waals surface area contributed by atoms with Gasteiger partial charge in [0.2, 0.25) is 5.91 Å². The van der Waals surface area contributed by atoms with E-state index >= 15 is 0 Å². The van der Waals surface area contributed by atoms with Crippen molar-refractivity contribution in [2.75, 3.05) is 17.2 Å². The molecule has 0 saturated heterocycles. The third-order valence-electron chi connectivity index (χ3n) is 4.23. The summed E-state index contributed by atoms with van der Waals surface area (Å²) >= 11 is 0. The second-order valence-corrected chi connectivity index (χ2v) is 7.94. The van der Waals surface area contributed by atoms with Crippen molar-refractivity contribution in [2.45, 2.75) is 46.1 Å². The number of anilines is 2. The fraction of sp³-hybridized carbons (Fsp3) is 0.348. The predicted octanol–water partition coefficient (Wildman–Crippen LogP) is 3.89. The second kappa shape index (κ2) is 9.91. The maximum Gasteiger partial charge on any atom is 0.344 e. The number of nitrogens with one attached hydrogen (secondary N) is 2. The van der Waals surface area contributed by atoms with Crippen LogP contribution in [-0.2, 0) is 24.5 Å². The number of amides is 2. The molecule has 0 radical (unpaired) electrons. The van der Waals surface area contributed by atoms with Crippen LogP contribution in [0.5, 0.6) is 5.75 Å². The summed E-state index contributed by atoms with van der Waals surface area (Å²) < 4.78 is 10.6. The number of carbonyl (C=O) groups is 3. The molecule has 1 atom stereocenters. The van der Waals surface area contributed by atoms with E-state index in [0.29, 0.717) is 17.1 Å². The topological polar surface area (TPSA) is 93.7 Å². The highest BCUT2D eigenvalue weighted by Crippen LogP contribution is 2.24. The van der Waals surface area contributed by atoms with Crippen molar-refractivity contribution >= 4 is 29.2 Å². The summed E-state index contributed by atoms with van der Waals surface area (Å²) in [5.74, 6) is -0.736. The van der Waals surface area contributed by atoms with Crippen molar-refractivity contribution in [1.82, 2.24) is 0 Å². The van der Waals surface area contributed by atoms with E-state index in [2.05, 4.69) is 31.4 Å². The molecule has 0 saturated carbocycles. The van der Waals surface area contributed by atoms with Crippen LogP contribution in [0.1, 0.15) is 40.2 Å². The largest absolute Gasteiger partial charge is 0.482 e. The van der Waals surface area contributed by atoms with Crippen molar-refractivity contribution in [3.05, 3.63) is 54.1 Å². The highest BCUT2D eigenvalue weighted by atomic mass is 16.6. The van der Waals surface area contributed by atoms with E-state index in [1.807, 2.05) is 12.1 Å². The average molecular weight is 412 g/mol. The lowest BCUT2D eigenvalue weighted by molar-refractivity contribution is -0.155. The molecule has 7 nitrogen and oxygen atoms in total. The van der Waals surface area contributed by atoms with E-state index in [9.17, 15) is 14.4 Å². The molecular formula is C23H28N2O5. The molecule has 0 aliphatic rings. The number of ether oxygens (including phenoxy) is 2. The number of esters is 1. The molecule has 30 heavy (non-hydrogen) atoms. The lowest BCUT2D eigenvalue weighted by atomic mass is 9.87. The van der Waals surface area contributed by atoms with Gasteiger partial charge in [0, 0.05) is 18.3 Å². The highest BCUT2D eigenvalue weighted by molar-refractivity contribution is 5.95. The summed E-state index contributed by atoms with van der Waals surface area (Å²) in [6.07, 6.45) is -0.987. The molecule has 2 aromatic carbocycles. The van der Waals surface area contributed by atoms with Crippen molar-refractivity contribution in [2.24, 2.45) is 0 Å². The fourth-order valence-electron chi connectivity index (χ4n) is 2.56. The van der Waals surface area contributed by atoms with Crippen LogP contribution < -0.4 is 15.4 Å². The molecule has 0 bridgehead atoms. The number of benzene rings is 2. The first kappa shape index (κ1) is 22.9. The van der Waals surface area contributed by atoms with Gasteiger partial charge in [-0.25, -0.2) is 4.79 Å². The molecule has 0 aromatic heterocycles. The average Bonchev–Trinajstić information content (AvgIpc) is 2.67. The van der Waals surface area contributed by atoms with E-state index < -0.39 is 18.0 Å². The first-order chi connectivity index (χ1) is 14.0. The summed E-state index contributed by atoms with van der Waals surface area (Å²) in [6.45, 7) is 8.95. The van der Waals surface area contributed by atoms with E-state index in [4.69, 9.17) is 9.47 Å². The summed E-state index contributed by atoms with van der Waals surface area (Å²) in [6, 6.07) is 14.1. The Morgan fingerprint density at radius 2 is 1.43 bits per heavy atom. The van der Waals surface area contributed by atoms with Gasteiger partial charge in [0.1, 0.15) is 5.75 Å². The van der Waals surface area contributed by atoms with Crippen molar-refractivity contribution < 1.29 is 23.9 Å². The molecule has 2 rings (SSSR count). The van der Waals surface area contributed by atoms with Crippen LogP contribution in [0.3, 0.4) is 0 Å². The Balaban J connectivity index is 1.80. The molecule has 0 fully saturated rings. The van der Waals surface area contributed by atoms with E-state index in [1.165, 1.54) is 13.8 Å². The zero-order chi connectivity index (χ0) is 22.3. The van der Waals surface area contributed by atoms with Crippen molar-refractivity contribution in [1.29, 1.82) is 0 Å². The van der Waals surface area contributed by atoms with Crippen LogP contribution in [0.4, 0.5) is 11.4 Å². The molecule has 0 aliphatic carbocycles. The van der Waals surface area contributed by atoms with Crippen LogP contribution in [-0.4, -0.2) is 30.5 Å². The third kappa shape index (κ3) is 7.24. The van der Waals surface area contributed by atoms with Crippen LogP contribution in [0.25, 0.3) is 0 Å². The van der Waals surface area contributed by atoms with Crippen LogP contribution >= 0.6 is 0 Å². The molecule has 0 aliphatic heterocycles. The molecule has 2 amide bonds. The number of hydrogen-bond donors (Lipinski definition) is 2. The number of hydrogen-bond acceptors (Lipinski definition) is 5. The van der Waals surface area contributed by atoms with E-state index in [0.717, 1.165) is 5.56 Å². The molecule has 160 valence electrons. The van der Waals surface area contributed by atoms with E-state index in [1.54, 1.807) is 36.4 Å². The second-order valence-electron chi connectivity index (χ2n) is 7.94. The Bertz CT molecular complexity index is 883. The zero-order valence-corrected chi connectivity index (χ0v) is 17.9. The SMILES string of the molecule is CC(=O)Nc1ccc(NC(=O)[C@@H](C)OC(=O)COc2ccc(C(C)(C)C)cc2)cc1. The maximum atomic E-state index is 12.2. The van der Waals surface area contributed by atoms with Crippen LogP contribution in [0, 0.1) is 0 Å². The van der Waals surface area contributed by atoms with Gasteiger partial charge in [-0.05, 0) is 54.3 Å². The van der Waals surface area contributed by atoms with Gasteiger partial charge in [-0.15, -0.1) is 0 Å². The van der Waals surface area contributed by atoms with Gasteiger partial charge in [-0.3, -0.25) is 9.59 Å². The minimum absolute atomic E-state index is 0.0323. The minimum atomic E-state index is -0.987. The van der Waals surface area contributed by atoms with Gasteiger partial charge < -0.3 is 20.1 Å². The molecule has 0 unspecified atom stereocenters. The van der Waals surface area contributed by atoms with Crippen molar-refractivity contribution in [3.8, 4) is 5.75 Å². The van der Waals surface area contributed by atoms with Gasteiger partial charge >= 0.3 is 5.97 Å². The minimum Gasteiger partial charge on any atom is -0.482 e. The highest BCUT2D eigenvalue weighted by Gasteiger charge is 2.19. The Labute approximate surface area is 176 Å². The fourth-order valence-corrected chi connectivity index (χ4v) is 2.56. The quantitative estimate of drug-likeness (QED) is 0.673. The van der Waals surface area contributed by atoms with Gasteiger partial charge in [-0.1, -0.05) is 32.9 Å². The zero-order valence-electron chi connectivity index (χ0n) is 17.9. The number of carbonyl (C=O) groups excluding carboxylic acids is 3. The maximum absolute atomic E-state index is 12.2. The Morgan fingerprint density at radius 3 is 1.93 bits per heavy atom. The summed E-state index contributed by atoms with van der Waals surface area (Å²) in [7, 11) is 0. The van der Waals surface area contributed by atoms with Gasteiger partial charge in [0.05, 0.1) is 0 Å². The first-order valence-corrected chi connectivity index (χ1v) is 9.66. The Kier molecular flexibility index (Phi) is 7.58. The predicted molar refractivity (Wildman–Crippen MR) is 116 cm³/mol. The molecule has 0 heterocycles. The lowest BCUT2D eigenvalue weighted by Crippen LogP contribution is -2.31. The lowest BCUT2D eigenvalue weighted by Gasteiger charge is -2.19. The van der Waals surface area contributed by atoms with Crippen molar-refractivity contribution in [3.63, 3.8) is 0 Å². The summed E-state index contributed by atoms with van der Waals surface area (Å²) in [5, 5.41) is 5.29. The monoisotopic (exact) mass is 412 g/mol. The van der Waals surface area contributed by atoms with Gasteiger partial charge in [0.15, 0.2) is 12.7 Å². The summed E-state index contributed by atoms with van der Waals surface area (Å²) in [4.78, 5) is 35.2. The smallest absolute Gasteiger partial charge is 0.344 e. The standard InChI is InChI=1S/C23H28N2O5/c1-15(22(28)25-19-10-8-18(9-11-19)24-16(2)26)30-21(27)14-29-20-12-6-17(7-13-20)23(3,4)5/h6-13,15H,14H2,1-5H3,(H,24,26)(H,25,28)/t15-/m1/s1. The molecule has 7 heteroatoms. The molecule has 2 N–H and O–H groups in total. The van der Waals surface area contributed by atoms with Gasteiger partial charge in [-0.2, -0.15) is 0 Å².